The predicted molar refractivity (Wildman–Crippen MR) is 126 cm³/mol. The molecule has 6 nitrogen and oxygen atoms in total. The highest BCUT2D eigenvalue weighted by molar-refractivity contribution is 6.02. The molecule has 1 atom stereocenters. The molecule has 0 aliphatic carbocycles. The molecular weight excluding hydrogens is 418 g/mol. The van der Waals surface area contributed by atoms with Crippen LogP contribution in [0, 0.1) is 6.92 Å². The van der Waals surface area contributed by atoms with Gasteiger partial charge in [-0.05, 0) is 31.5 Å². The Balaban J connectivity index is 1.56. The third-order valence-corrected chi connectivity index (χ3v) is 5.41. The van der Waals surface area contributed by atoms with Gasteiger partial charge in [-0.2, -0.15) is 0 Å². The molecule has 33 heavy (non-hydrogen) atoms. The van der Waals surface area contributed by atoms with E-state index >= 15 is 0 Å². The van der Waals surface area contributed by atoms with Crippen molar-refractivity contribution in [3.8, 4) is 11.3 Å². The largest absolute Gasteiger partial charge is 0.455 e. The number of amides is 1. The zero-order chi connectivity index (χ0) is 23.4. The highest BCUT2D eigenvalue weighted by Gasteiger charge is 2.20. The fraction of sp³-hybridized carbons (Fsp3) is 0.148. The average Bonchev–Trinajstić information content (AvgIpc) is 2.85. The number of benzene rings is 3. The van der Waals surface area contributed by atoms with Crippen molar-refractivity contribution in [2.45, 2.75) is 19.9 Å². The first-order chi connectivity index (χ1) is 16.0. The number of carbonyl (C=O) groups is 2. The number of esters is 1. The van der Waals surface area contributed by atoms with Gasteiger partial charge in [-0.3, -0.25) is 9.59 Å². The monoisotopic (exact) mass is 441 g/mol. The molecule has 0 aliphatic rings. The molecule has 0 unspecified atom stereocenters. The fourth-order valence-corrected chi connectivity index (χ4v) is 3.65. The predicted octanol–water partition coefficient (Wildman–Crippen LogP) is 4.80. The van der Waals surface area contributed by atoms with E-state index in [1.807, 2.05) is 67.6 Å². The van der Waals surface area contributed by atoms with Gasteiger partial charge >= 0.3 is 5.97 Å². The number of nitrogens with one attached hydrogen (secondary N) is 1. The van der Waals surface area contributed by atoms with Gasteiger partial charge in [0.1, 0.15) is 11.3 Å². The molecule has 1 N–H and O–H groups in total. The van der Waals surface area contributed by atoms with Crippen LogP contribution in [0.25, 0.3) is 22.3 Å². The minimum Gasteiger partial charge on any atom is -0.455 e. The van der Waals surface area contributed by atoms with Crippen LogP contribution in [-0.2, 0) is 9.53 Å². The minimum atomic E-state index is -0.742. The van der Waals surface area contributed by atoms with E-state index in [0.29, 0.717) is 11.3 Å². The Morgan fingerprint density at radius 2 is 1.61 bits per heavy atom. The molecule has 6 heteroatoms. The van der Waals surface area contributed by atoms with E-state index in [-0.39, 0.29) is 28.0 Å². The highest BCUT2D eigenvalue weighted by atomic mass is 16.5. The molecule has 0 saturated carbocycles. The van der Waals surface area contributed by atoms with Crippen LogP contribution in [0.4, 0.5) is 0 Å². The molecule has 0 saturated heterocycles. The summed E-state index contributed by atoms with van der Waals surface area (Å²) in [6, 6.07) is 23.2. The molecule has 0 bridgehead atoms. The molecule has 1 aromatic heterocycles. The molecule has 166 valence electrons. The van der Waals surface area contributed by atoms with Crippen molar-refractivity contribution in [3.05, 3.63) is 106 Å². The molecule has 1 heterocycles. The van der Waals surface area contributed by atoms with Crippen molar-refractivity contribution in [2.75, 3.05) is 6.61 Å². The summed E-state index contributed by atoms with van der Waals surface area (Å²) in [5.74, 6) is -0.779. The summed E-state index contributed by atoms with van der Waals surface area (Å²) in [4.78, 5) is 38.0. The first kappa shape index (κ1) is 22.0. The van der Waals surface area contributed by atoms with Crippen LogP contribution in [0.2, 0.25) is 0 Å². The number of ether oxygens (including phenoxy) is 1. The quantitative estimate of drug-likeness (QED) is 0.434. The summed E-state index contributed by atoms with van der Waals surface area (Å²) < 4.78 is 11.3. The first-order valence-electron chi connectivity index (χ1n) is 10.6. The van der Waals surface area contributed by atoms with Crippen molar-refractivity contribution >= 4 is 22.8 Å². The summed E-state index contributed by atoms with van der Waals surface area (Å²) in [7, 11) is 0. The van der Waals surface area contributed by atoms with E-state index < -0.39 is 18.5 Å². The Kier molecular flexibility index (Phi) is 6.36. The summed E-state index contributed by atoms with van der Waals surface area (Å²) in [6.07, 6.45) is 0. The lowest BCUT2D eigenvalue weighted by molar-refractivity contribution is -0.124. The average molecular weight is 441 g/mol. The van der Waals surface area contributed by atoms with Gasteiger partial charge in [0.05, 0.1) is 11.4 Å². The third-order valence-electron chi connectivity index (χ3n) is 5.41. The van der Waals surface area contributed by atoms with Gasteiger partial charge in [0.2, 0.25) is 0 Å². The molecule has 4 aromatic rings. The van der Waals surface area contributed by atoms with Crippen LogP contribution in [0.15, 0.2) is 88.1 Å². The Bertz CT molecular complexity index is 1360. The molecule has 1 amide bonds. The normalized spacial score (nSPS) is 11.7. The van der Waals surface area contributed by atoms with Gasteiger partial charge in [-0.15, -0.1) is 0 Å². The fourth-order valence-electron chi connectivity index (χ4n) is 3.65. The van der Waals surface area contributed by atoms with Gasteiger partial charge in [-0.25, -0.2) is 4.79 Å². The van der Waals surface area contributed by atoms with E-state index in [1.54, 1.807) is 19.1 Å². The van der Waals surface area contributed by atoms with Crippen LogP contribution >= 0.6 is 0 Å². The van der Waals surface area contributed by atoms with Gasteiger partial charge in [0.15, 0.2) is 17.6 Å². The van der Waals surface area contributed by atoms with E-state index in [0.717, 1.165) is 11.1 Å². The maximum absolute atomic E-state index is 12.9. The Hall–Kier alpha value is -4.19. The maximum atomic E-state index is 12.9. The van der Waals surface area contributed by atoms with Crippen LogP contribution in [0.1, 0.15) is 34.5 Å². The molecular formula is C27H23NO5. The lowest BCUT2D eigenvalue weighted by Gasteiger charge is -2.14. The minimum absolute atomic E-state index is 0.0886. The van der Waals surface area contributed by atoms with E-state index in [9.17, 15) is 14.4 Å². The third kappa shape index (κ3) is 4.70. The van der Waals surface area contributed by atoms with Crippen molar-refractivity contribution in [2.24, 2.45) is 0 Å². The van der Waals surface area contributed by atoms with Crippen LogP contribution in [0.5, 0.6) is 0 Å². The van der Waals surface area contributed by atoms with Gasteiger partial charge < -0.3 is 14.5 Å². The standard InChI is InChI=1S/C27H23NO5/c1-17-24(30)21-14-9-15-22(26(21)33-25(17)20-12-7-4-8-13-20)27(31)32-16-23(29)28-18(2)19-10-5-3-6-11-19/h3-15,18H,16H2,1-2H3,(H,28,29)/t18-/m1/s1. The first-order valence-corrected chi connectivity index (χ1v) is 10.6. The zero-order valence-corrected chi connectivity index (χ0v) is 18.3. The Morgan fingerprint density at radius 1 is 0.939 bits per heavy atom. The number of hydrogen-bond acceptors (Lipinski definition) is 5. The lowest BCUT2D eigenvalue weighted by atomic mass is 10.0. The number of hydrogen-bond donors (Lipinski definition) is 1. The van der Waals surface area contributed by atoms with Crippen LogP contribution < -0.4 is 10.7 Å². The molecule has 0 spiro atoms. The van der Waals surface area contributed by atoms with E-state index in [4.69, 9.17) is 9.15 Å². The molecule has 3 aromatic carbocycles. The Labute approximate surface area is 190 Å². The van der Waals surface area contributed by atoms with Crippen LogP contribution in [-0.4, -0.2) is 18.5 Å². The van der Waals surface area contributed by atoms with E-state index in [1.165, 1.54) is 6.07 Å². The second-order valence-electron chi connectivity index (χ2n) is 7.71. The smallest absolute Gasteiger partial charge is 0.342 e. The maximum Gasteiger partial charge on any atom is 0.342 e. The zero-order valence-electron chi connectivity index (χ0n) is 18.3. The van der Waals surface area contributed by atoms with Crippen molar-refractivity contribution < 1.29 is 18.7 Å². The molecule has 0 fully saturated rings. The SMILES string of the molecule is Cc1c(-c2ccccc2)oc2c(C(=O)OCC(=O)N[C@H](C)c3ccccc3)cccc2c1=O. The van der Waals surface area contributed by atoms with Crippen molar-refractivity contribution in [1.82, 2.24) is 5.32 Å². The Morgan fingerprint density at radius 3 is 2.30 bits per heavy atom. The number of fused-ring (bicyclic) bond motifs is 1. The number of para-hydroxylation sites is 1. The molecule has 0 radical (unpaired) electrons. The second-order valence-corrected chi connectivity index (χ2v) is 7.71. The highest BCUT2D eigenvalue weighted by Crippen LogP contribution is 2.27. The number of carbonyl (C=O) groups excluding carboxylic acids is 2. The topological polar surface area (TPSA) is 85.6 Å². The van der Waals surface area contributed by atoms with Crippen molar-refractivity contribution in [3.63, 3.8) is 0 Å². The summed E-state index contributed by atoms with van der Waals surface area (Å²) in [6.45, 7) is 3.09. The molecule has 4 rings (SSSR count). The van der Waals surface area contributed by atoms with Gasteiger partial charge in [-0.1, -0.05) is 66.7 Å². The summed E-state index contributed by atoms with van der Waals surface area (Å²) in [5.41, 5.74) is 2.12. The van der Waals surface area contributed by atoms with Gasteiger partial charge in [0.25, 0.3) is 5.91 Å². The number of rotatable bonds is 6. The second kappa shape index (κ2) is 9.53. The summed E-state index contributed by atoms with van der Waals surface area (Å²) >= 11 is 0. The lowest BCUT2D eigenvalue weighted by Crippen LogP contribution is -2.31. The van der Waals surface area contributed by atoms with E-state index in [2.05, 4.69) is 5.32 Å². The van der Waals surface area contributed by atoms with Gasteiger partial charge in [0, 0.05) is 11.1 Å². The molecule has 0 aliphatic heterocycles. The van der Waals surface area contributed by atoms with Crippen molar-refractivity contribution in [1.29, 1.82) is 0 Å². The summed E-state index contributed by atoms with van der Waals surface area (Å²) in [5, 5.41) is 3.08. The van der Waals surface area contributed by atoms with Crippen LogP contribution in [0.3, 0.4) is 0 Å².